The third kappa shape index (κ3) is 8.54. The number of rotatable bonds is 12. The Bertz CT molecular complexity index is 1240. The number of aliphatic imine (C=N–C) groups is 2. The smallest absolute Gasteiger partial charge is 0.188 e. The molecule has 0 amide bonds. The average molecular weight is 780 g/mol. The van der Waals surface area contributed by atoms with E-state index >= 15 is 0 Å². The molecule has 0 radical (unpaired) electrons. The van der Waals surface area contributed by atoms with Crippen LogP contribution >= 0.6 is 12.4 Å². The molecule has 24 nitrogen and oxygen atoms in total. The summed E-state index contributed by atoms with van der Waals surface area (Å²) in [6.45, 7) is -0.340. The molecule has 20 atom stereocenters. The Labute approximate surface area is 302 Å². The summed E-state index contributed by atoms with van der Waals surface area (Å²) in [6.07, 6.45) is -27.0. The van der Waals surface area contributed by atoms with Gasteiger partial charge in [-0.15, -0.1) is 12.4 Å². The highest BCUT2D eigenvalue weighted by Gasteiger charge is 2.61. The van der Waals surface area contributed by atoms with Gasteiger partial charge in [0.1, 0.15) is 85.3 Å². The van der Waals surface area contributed by atoms with Crippen molar-refractivity contribution in [2.75, 3.05) is 20.3 Å². The second kappa shape index (κ2) is 18.0. The first-order chi connectivity index (χ1) is 23.9. The number of ether oxygens (including phenoxy) is 6. The number of hydrogen-bond acceptors (Lipinski definition) is 20. The fraction of sp³-hybridized carbons (Fsp3) is 0.889. The van der Waals surface area contributed by atoms with Crippen molar-refractivity contribution in [3.05, 3.63) is 0 Å². The van der Waals surface area contributed by atoms with E-state index in [0.717, 1.165) is 0 Å². The lowest BCUT2D eigenvalue weighted by molar-refractivity contribution is -0.357. The summed E-state index contributed by atoms with van der Waals surface area (Å²) < 4.78 is 34.6. The van der Waals surface area contributed by atoms with Crippen LogP contribution in [0.4, 0.5) is 0 Å². The van der Waals surface area contributed by atoms with E-state index in [9.17, 15) is 55.9 Å². The van der Waals surface area contributed by atoms with Gasteiger partial charge < -0.3 is 108 Å². The molecule has 4 rings (SSSR count). The number of hydrogen-bond donors (Lipinski definition) is 15. The summed E-state index contributed by atoms with van der Waals surface area (Å²) in [5, 5.41) is 109. The van der Waals surface area contributed by atoms with Crippen LogP contribution in [0.2, 0.25) is 0 Å². The first-order valence-corrected chi connectivity index (χ1v) is 15.9. The molecule has 4 aliphatic rings. The number of aliphatic hydroxyl groups excluding tert-OH is 9. The van der Waals surface area contributed by atoms with Crippen LogP contribution in [0.1, 0.15) is 6.92 Å². The first-order valence-electron chi connectivity index (χ1n) is 15.9. The van der Waals surface area contributed by atoms with Gasteiger partial charge >= 0.3 is 0 Å². The summed E-state index contributed by atoms with van der Waals surface area (Å²) in [5.41, 5.74) is 19.4. The van der Waals surface area contributed by atoms with Crippen LogP contribution in [-0.4, -0.2) is 211 Å². The third-order valence-corrected chi connectivity index (χ3v) is 9.45. The van der Waals surface area contributed by atoms with Gasteiger partial charge in [-0.2, -0.15) is 0 Å². The summed E-state index contributed by atoms with van der Waals surface area (Å²) in [5.74, 6) is -1.11. The van der Waals surface area contributed by atoms with Crippen LogP contribution in [0.15, 0.2) is 9.98 Å². The third-order valence-electron chi connectivity index (χ3n) is 9.45. The molecule has 1 saturated carbocycles. The van der Waals surface area contributed by atoms with Crippen molar-refractivity contribution in [2.24, 2.45) is 32.9 Å². The van der Waals surface area contributed by atoms with Gasteiger partial charge in [0.15, 0.2) is 42.7 Å². The van der Waals surface area contributed by atoms with Gasteiger partial charge in [-0.1, -0.05) is 0 Å². The van der Waals surface area contributed by atoms with E-state index in [2.05, 4.69) is 15.3 Å². The maximum atomic E-state index is 12.3. The van der Waals surface area contributed by atoms with Gasteiger partial charge in [0.25, 0.3) is 0 Å². The lowest BCUT2D eigenvalue weighted by atomic mass is 9.81. The lowest BCUT2D eigenvalue weighted by Gasteiger charge is -2.48. The van der Waals surface area contributed by atoms with Crippen LogP contribution in [0, 0.1) is 0 Å². The van der Waals surface area contributed by atoms with E-state index in [1.165, 1.54) is 14.0 Å². The van der Waals surface area contributed by atoms with Crippen LogP contribution in [0.5, 0.6) is 0 Å². The molecule has 0 aromatic rings. The van der Waals surface area contributed by atoms with Gasteiger partial charge in [0.2, 0.25) is 0 Å². The molecule has 0 bridgehead atoms. The monoisotopic (exact) mass is 779 g/mol. The Morgan fingerprint density at radius 3 is 1.81 bits per heavy atom. The molecule has 4 fully saturated rings. The second-order valence-corrected chi connectivity index (χ2v) is 12.7. The number of aliphatic hydroxyl groups is 10. The number of nitrogens with one attached hydrogen (secondary N) is 1. The molecule has 25 heteroatoms. The van der Waals surface area contributed by atoms with E-state index in [4.69, 9.17) is 51.4 Å². The minimum atomic E-state index is -2.50. The zero-order valence-electron chi connectivity index (χ0n) is 27.9. The number of carbonyl (C=O) groups excluding carboxylic acids is 1. The molecule has 19 N–H and O–H groups in total. The highest BCUT2D eigenvalue weighted by atomic mass is 35.5. The molecule has 1 aliphatic carbocycles. The summed E-state index contributed by atoms with van der Waals surface area (Å²) in [7, 11) is 1.36. The van der Waals surface area contributed by atoms with Crippen LogP contribution in [0.25, 0.3) is 0 Å². The maximum absolute atomic E-state index is 12.3. The maximum Gasteiger partial charge on any atom is 0.188 e. The molecule has 0 unspecified atom stereocenters. The van der Waals surface area contributed by atoms with Crippen molar-refractivity contribution in [2.45, 2.75) is 129 Å². The number of carbonyl (C=O) groups is 1. The SMILES string of the molecule is CN[C@@H]1[C@H](O[C@H]2[C@H](O[C@H]3[C@H](O)[C@@H](O)[C@H](N=C(N)N)[C@@H](O)[C@@H]3N=C(N)N)O[C@@H](C)[C@]2(O)C=O)O[C@@H](CO)[C@H](O[C@H]2O[C@@H](CO)[C@@H](O)[C@H](O)[C@@H]2O)[C@H]1O.Cl. The Balaban J connectivity index is 0.00000729. The van der Waals surface area contributed by atoms with E-state index in [-0.39, 0.29) is 18.7 Å². The molecule has 3 heterocycles. The van der Waals surface area contributed by atoms with Crippen LogP contribution in [0.3, 0.4) is 0 Å². The van der Waals surface area contributed by atoms with E-state index in [1.807, 2.05) is 0 Å². The Hall–Kier alpha value is -2.18. The van der Waals surface area contributed by atoms with Gasteiger partial charge in [-0.25, -0.2) is 9.98 Å². The minimum absolute atomic E-state index is 0. The van der Waals surface area contributed by atoms with E-state index in [1.54, 1.807) is 0 Å². The van der Waals surface area contributed by atoms with Crippen molar-refractivity contribution in [3.63, 3.8) is 0 Å². The van der Waals surface area contributed by atoms with Crippen LogP contribution in [-0.2, 0) is 33.2 Å². The zero-order valence-corrected chi connectivity index (χ0v) is 28.7. The Morgan fingerprint density at radius 1 is 0.712 bits per heavy atom. The van der Waals surface area contributed by atoms with Crippen molar-refractivity contribution < 1.29 is 84.3 Å². The molecule has 52 heavy (non-hydrogen) atoms. The highest BCUT2D eigenvalue weighted by Crippen LogP contribution is 2.39. The van der Waals surface area contributed by atoms with Crippen molar-refractivity contribution >= 4 is 30.6 Å². The molecule has 3 saturated heterocycles. The largest absolute Gasteiger partial charge is 0.394 e. The average Bonchev–Trinajstić information content (AvgIpc) is 3.32. The standard InChI is InChI=1S/C27H49N7O17.ClH/c1-6-27(45,5-37)21(24(46-6)50-20-10(34-26(30)31)13(39)9(33-25(28)29)14(40)17(20)43)51-22-11(32-2)15(41)19(8(4-36)48-22)49-23-18(44)16(42)12(38)7(3-35)47-23;/h5-24,32,35-36,38-45H,3-4H2,1-2H3,(H4,28,29,33)(H4,30,31,34);1H/t6-,7-,8-,9+,10-,11-,12+,13+,14-,15-,16-,17+,18-,19-,20+,21-,22-,23+,24-,27+;/m0./s1. The number of aldehydes is 1. The topological polar surface area (TPSA) is 416 Å². The fourth-order valence-corrected chi connectivity index (χ4v) is 6.57. The van der Waals surface area contributed by atoms with Crippen molar-refractivity contribution in [1.82, 2.24) is 5.32 Å². The molecule has 3 aliphatic heterocycles. The normalized spacial score (nSPS) is 48.0. The van der Waals surface area contributed by atoms with Crippen molar-refractivity contribution in [3.8, 4) is 0 Å². The number of guanidine groups is 2. The van der Waals surface area contributed by atoms with Crippen LogP contribution < -0.4 is 28.3 Å². The minimum Gasteiger partial charge on any atom is -0.394 e. The van der Waals surface area contributed by atoms with Gasteiger partial charge in [0, 0.05) is 0 Å². The first kappa shape index (κ1) is 44.2. The second-order valence-electron chi connectivity index (χ2n) is 12.7. The quantitative estimate of drug-likeness (QED) is 0.0496. The fourth-order valence-electron chi connectivity index (χ4n) is 6.57. The van der Waals surface area contributed by atoms with Gasteiger partial charge in [0.05, 0.1) is 25.4 Å². The summed E-state index contributed by atoms with van der Waals surface area (Å²) in [4.78, 5) is 20.0. The zero-order chi connectivity index (χ0) is 38.1. The summed E-state index contributed by atoms with van der Waals surface area (Å²) in [6, 6.07) is -4.40. The highest BCUT2D eigenvalue weighted by molar-refractivity contribution is 5.85. The predicted octanol–water partition coefficient (Wildman–Crippen LogP) is -9.92. The number of nitrogens with zero attached hydrogens (tertiary/aromatic N) is 2. The predicted molar refractivity (Wildman–Crippen MR) is 173 cm³/mol. The number of halogens is 1. The Morgan fingerprint density at radius 2 is 1.27 bits per heavy atom. The Kier molecular flexibility index (Phi) is 15.3. The van der Waals surface area contributed by atoms with Crippen molar-refractivity contribution in [1.29, 1.82) is 0 Å². The molecule has 0 spiro atoms. The molecular formula is C27H50ClN7O17. The van der Waals surface area contributed by atoms with E-state index < -0.39 is 147 Å². The molecular weight excluding hydrogens is 730 g/mol. The summed E-state index contributed by atoms with van der Waals surface area (Å²) >= 11 is 0. The number of likely N-dealkylation sites (N-methyl/N-ethyl adjacent to an activating group) is 1. The molecule has 0 aromatic carbocycles. The lowest BCUT2D eigenvalue weighted by Crippen LogP contribution is -2.68. The number of nitrogens with two attached hydrogens (primary N) is 4. The van der Waals surface area contributed by atoms with E-state index in [0.29, 0.717) is 0 Å². The molecule has 0 aromatic heterocycles. The molecule has 302 valence electrons. The van der Waals surface area contributed by atoms with Gasteiger partial charge in [-0.3, -0.25) is 4.79 Å². The van der Waals surface area contributed by atoms with Gasteiger partial charge in [-0.05, 0) is 14.0 Å².